The Morgan fingerprint density at radius 3 is 2.87 bits per heavy atom. The number of hydrogen-bond donors (Lipinski definition) is 0. The molecule has 3 heteroatoms. The fourth-order valence-electron chi connectivity index (χ4n) is 1.15. The van der Waals surface area contributed by atoms with E-state index in [0.29, 0.717) is 12.5 Å². The van der Waals surface area contributed by atoms with Crippen LogP contribution in [0.1, 0.15) is 18.4 Å². The van der Waals surface area contributed by atoms with Gasteiger partial charge in [-0.25, -0.2) is 0 Å². The van der Waals surface area contributed by atoms with Gasteiger partial charge >= 0.3 is 0 Å². The van der Waals surface area contributed by atoms with E-state index in [1.807, 2.05) is 18.2 Å². The molecule has 0 aliphatic carbocycles. The quantitative estimate of drug-likeness (QED) is 0.554. The number of unbranched alkanes of at least 4 members (excludes halogenated alkanes) is 1. The molecule has 0 atom stereocenters. The van der Waals surface area contributed by atoms with Crippen LogP contribution in [0.3, 0.4) is 0 Å². The highest BCUT2D eigenvalue weighted by atomic mass is 79.9. The Morgan fingerprint density at radius 1 is 1.40 bits per heavy atom. The average Bonchev–Trinajstić information content (AvgIpc) is 2.26. The molecule has 0 aliphatic rings. The summed E-state index contributed by atoms with van der Waals surface area (Å²) < 4.78 is 6.61. The molecule has 0 spiro atoms. The first kappa shape index (κ1) is 12.6. The third-order valence-electron chi connectivity index (χ3n) is 1.98. The summed E-state index contributed by atoms with van der Waals surface area (Å²) in [5, 5.41) is 0. The summed E-state index contributed by atoms with van der Waals surface area (Å²) in [6.45, 7) is 4.45. The first-order chi connectivity index (χ1) is 7.27. The molecule has 0 unspecified atom stereocenters. The fourth-order valence-corrected chi connectivity index (χ4v) is 1.75. The van der Waals surface area contributed by atoms with E-state index >= 15 is 0 Å². The summed E-state index contributed by atoms with van der Waals surface area (Å²) in [4.78, 5) is 0. The summed E-state index contributed by atoms with van der Waals surface area (Å²) in [5.74, 6) is 1.57. The van der Waals surface area contributed by atoms with E-state index in [9.17, 15) is 0 Å². The molecule has 0 saturated carbocycles. The lowest BCUT2D eigenvalue weighted by molar-refractivity contribution is 0.309. The normalized spacial score (nSPS) is 10.0. The van der Waals surface area contributed by atoms with E-state index in [2.05, 4.69) is 22.5 Å². The summed E-state index contributed by atoms with van der Waals surface area (Å²) in [7, 11) is 0. The van der Waals surface area contributed by atoms with E-state index < -0.39 is 0 Å². The van der Waals surface area contributed by atoms with Crippen molar-refractivity contribution in [3.05, 3.63) is 34.8 Å². The predicted molar refractivity (Wildman–Crippen MR) is 69.7 cm³/mol. The van der Waals surface area contributed by atoms with Gasteiger partial charge in [0.15, 0.2) is 0 Å². The van der Waals surface area contributed by atoms with Crippen LogP contribution in [0.25, 0.3) is 6.08 Å². The minimum Gasteiger partial charge on any atom is -0.494 e. The lowest BCUT2D eigenvalue weighted by Gasteiger charge is -2.07. The molecule has 0 heterocycles. The topological polar surface area (TPSA) is 9.23 Å². The second-order valence-corrected chi connectivity index (χ2v) is 4.36. The molecule has 15 heavy (non-hydrogen) atoms. The Bertz CT molecular complexity index is 325. The highest BCUT2D eigenvalue weighted by Gasteiger charge is 1.99. The van der Waals surface area contributed by atoms with Crippen LogP contribution < -0.4 is 4.74 Å². The second-order valence-electron chi connectivity index (χ2n) is 3.13. The zero-order valence-corrected chi connectivity index (χ0v) is 10.9. The van der Waals surface area contributed by atoms with Gasteiger partial charge in [-0.05, 0) is 36.6 Å². The van der Waals surface area contributed by atoms with Crippen molar-refractivity contribution >= 4 is 33.6 Å². The molecule has 1 aromatic carbocycles. The highest BCUT2D eigenvalue weighted by molar-refractivity contribution is 9.10. The molecule has 82 valence electrons. The summed E-state index contributed by atoms with van der Waals surface area (Å²) in [6, 6.07) is 5.88. The summed E-state index contributed by atoms with van der Waals surface area (Å²) in [6.07, 6.45) is 3.78. The van der Waals surface area contributed by atoms with Crippen molar-refractivity contribution in [2.45, 2.75) is 12.8 Å². The molecule has 1 nitrogen and oxygen atoms in total. The van der Waals surface area contributed by atoms with E-state index in [1.54, 1.807) is 6.08 Å². The molecule has 0 amide bonds. The molecule has 0 radical (unpaired) electrons. The zero-order chi connectivity index (χ0) is 11.1. The number of halogens is 2. The van der Waals surface area contributed by atoms with Gasteiger partial charge in [0.2, 0.25) is 0 Å². The van der Waals surface area contributed by atoms with Crippen molar-refractivity contribution in [2.75, 3.05) is 12.5 Å². The number of alkyl halides is 1. The molecule has 0 saturated heterocycles. The molecular formula is C12H14BrClO. The third kappa shape index (κ3) is 4.27. The van der Waals surface area contributed by atoms with E-state index in [4.69, 9.17) is 16.3 Å². The van der Waals surface area contributed by atoms with Crippen molar-refractivity contribution < 1.29 is 4.74 Å². The van der Waals surface area contributed by atoms with Gasteiger partial charge < -0.3 is 4.74 Å². The Balaban J connectivity index is 2.51. The predicted octanol–water partition coefficient (Wildman–Crippen LogP) is 4.49. The van der Waals surface area contributed by atoms with Crippen LogP contribution in [-0.2, 0) is 0 Å². The van der Waals surface area contributed by atoms with E-state index in [1.165, 1.54) is 0 Å². The van der Waals surface area contributed by atoms with E-state index in [0.717, 1.165) is 28.6 Å². The van der Waals surface area contributed by atoms with Gasteiger partial charge in [0, 0.05) is 10.4 Å². The number of ether oxygens (including phenoxy) is 1. The van der Waals surface area contributed by atoms with Gasteiger partial charge in [-0.1, -0.05) is 28.6 Å². The largest absolute Gasteiger partial charge is 0.494 e. The maximum Gasteiger partial charge on any atom is 0.119 e. The fraction of sp³-hybridized carbons (Fsp3) is 0.333. The zero-order valence-electron chi connectivity index (χ0n) is 8.51. The van der Waals surface area contributed by atoms with Crippen LogP contribution >= 0.6 is 27.5 Å². The summed E-state index contributed by atoms with van der Waals surface area (Å²) in [5.41, 5.74) is 1.05. The Morgan fingerprint density at radius 2 is 2.20 bits per heavy atom. The van der Waals surface area contributed by atoms with Crippen LogP contribution in [0.2, 0.25) is 0 Å². The van der Waals surface area contributed by atoms with Gasteiger partial charge in [0.25, 0.3) is 0 Å². The van der Waals surface area contributed by atoms with Crippen LogP contribution in [0.4, 0.5) is 0 Å². The van der Waals surface area contributed by atoms with Crippen molar-refractivity contribution in [1.82, 2.24) is 0 Å². The lowest BCUT2D eigenvalue weighted by atomic mass is 10.2. The van der Waals surface area contributed by atoms with Crippen molar-refractivity contribution in [2.24, 2.45) is 0 Å². The van der Waals surface area contributed by atoms with Crippen LogP contribution in [-0.4, -0.2) is 12.5 Å². The molecule has 0 aliphatic heterocycles. The minimum absolute atomic E-state index is 0.696. The third-order valence-corrected chi connectivity index (χ3v) is 2.97. The molecule has 0 N–H and O–H groups in total. The van der Waals surface area contributed by atoms with E-state index in [-0.39, 0.29) is 0 Å². The van der Waals surface area contributed by atoms with Gasteiger partial charge in [-0.2, -0.15) is 0 Å². The highest BCUT2D eigenvalue weighted by Crippen LogP contribution is 2.23. The van der Waals surface area contributed by atoms with Gasteiger partial charge in [0.1, 0.15) is 5.75 Å². The van der Waals surface area contributed by atoms with Crippen LogP contribution in [0.15, 0.2) is 29.3 Å². The smallest absolute Gasteiger partial charge is 0.119 e. The summed E-state index contributed by atoms with van der Waals surface area (Å²) >= 11 is 9.02. The Labute approximate surface area is 104 Å². The first-order valence-electron chi connectivity index (χ1n) is 4.88. The Hall–Kier alpha value is -0.470. The van der Waals surface area contributed by atoms with Crippen molar-refractivity contribution in [1.29, 1.82) is 0 Å². The molecular weight excluding hydrogens is 275 g/mol. The maximum atomic E-state index is 5.58. The minimum atomic E-state index is 0.696. The molecule has 1 rings (SSSR count). The van der Waals surface area contributed by atoms with Crippen LogP contribution in [0.5, 0.6) is 5.75 Å². The lowest BCUT2D eigenvalue weighted by Crippen LogP contribution is -1.97. The standard InChI is InChI=1S/C12H14BrClO/c1-2-10-9-11(5-6-12(10)13)15-8-4-3-7-14/h2,5-6,9H,1,3-4,7-8H2. The second kappa shape index (κ2) is 6.91. The average molecular weight is 290 g/mol. The number of hydrogen-bond acceptors (Lipinski definition) is 1. The van der Waals surface area contributed by atoms with Gasteiger partial charge in [-0.3, -0.25) is 0 Å². The van der Waals surface area contributed by atoms with Gasteiger partial charge in [0.05, 0.1) is 6.61 Å². The van der Waals surface area contributed by atoms with Crippen LogP contribution in [0, 0.1) is 0 Å². The first-order valence-corrected chi connectivity index (χ1v) is 6.21. The Kier molecular flexibility index (Phi) is 5.81. The number of rotatable bonds is 6. The molecule has 0 aromatic heterocycles. The number of benzene rings is 1. The van der Waals surface area contributed by atoms with Crippen molar-refractivity contribution in [3.63, 3.8) is 0 Å². The van der Waals surface area contributed by atoms with Crippen molar-refractivity contribution in [3.8, 4) is 5.75 Å². The monoisotopic (exact) mass is 288 g/mol. The SMILES string of the molecule is C=Cc1cc(OCCCCCl)ccc1Br. The molecule has 0 bridgehead atoms. The molecule has 1 aromatic rings. The van der Waals surface area contributed by atoms with Gasteiger partial charge in [-0.15, -0.1) is 11.6 Å². The maximum absolute atomic E-state index is 5.58. The molecule has 0 fully saturated rings.